The minimum absolute atomic E-state index is 0.893. The summed E-state index contributed by atoms with van der Waals surface area (Å²) < 4.78 is 0. The van der Waals surface area contributed by atoms with E-state index < -0.39 is 0 Å². The summed E-state index contributed by atoms with van der Waals surface area (Å²) in [5, 5.41) is 13.0. The standard InChI is InChI=1S/C24H15N2S/c1-2-7-19(8-3-1)23-25-26-24(27-23)20-13-10-18(11-14-20)22-15-12-17-6-4-5-9-21(17)16-22/h1-7,9-16H. The van der Waals surface area contributed by atoms with Crippen LogP contribution >= 0.6 is 11.3 Å². The Morgan fingerprint density at radius 2 is 1.30 bits per heavy atom. The predicted molar refractivity (Wildman–Crippen MR) is 113 cm³/mol. The fourth-order valence-electron chi connectivity index (χ4n) is 3.15. The fourth-order valence-corrected chi connectivity index (χ4v) is 3.99. The molecule has 0 fully saturated rings. The van der Waals surface area contributed by atoms with Crippen LogP contribution in [0.1, 0.15) is 0 Å². The van der Waals surface area contributed by atoms with Crippen molar-refractivity contribution in [2.75, 3.05) is 0 Å². The number of hydrogen-bond donors (Lipinski definition) is 0. The summed E-state index contributed by atoms with van der Waals surface area (Å²) in [4.78, 5) is 0. The maximum atomic E-state index is 4.35. The van der Waals surface area contributed by atoms with Gasteiger partial charge in [-0.25, -0.2) is 0 Å². The van der Waals surface area contributed by atoms with E-state index in [9.17, 15) is 0 Å². The first-order valence-corrected chi connectivity index (χ1v) is 9.59. The van der Waals surface area contributed by atoms with E-state index in [0.29, 0.717) is 0 Å². The van der Waals surface area contributed by atoms with Crippen molar-refractivity contribution in [3.05, 3.63) is 97.1 Å². The van der Waals surface area contributed by atoms with Crippen LogP contribution in [-0.2, 0) is 0 Å². The zero-order chi connectivity index (χ0) is 18.1. The Morgan fingerprint density at radius 1 is 0.593 bits per heavy atom. The minimum atomic E-state index is 0.893. The predicted octanol–water partition coefficient (Wildman–Crippen LogP) is 6.49. The molecule has 0 bridgehead atoms. The maximum Gasteiger partial charge on any atom is 0.148 e. The first-order chi connectivity index (χ1) is 13.4. The van der Waals surface area contributed by atoms with Gasteiger partial charge in [0.15, 0.2) is 0 Å². The summed E-state index contributed by atoms with van der Waals surface area (Å²) in [5.41, 5.74) is 4.48. The molecule has 3 heteroatoms. The monoisotopic (exact) mass is 363 g/mol. The number of benzene rings is 4. The second kappa shape index (κ2) is 6.78. The molecule has 0 saturated carbocycles. The van der Waals surface area contributed by atoms with Crippen molar-refractivity contribution in [2.45, 2.75) is 0 Å². The van der Waals surface area contributed by atoms with E-state index >= 15 is 0 Å². The molecule has 0 unspecified atom stereocenters. The first kappa shape index (κ1) is 15.9. The van der Waals surface area contributed by atoms with Gasteiger partial charge < -0.3 is 0 Å². The molecule has 0 aliphatic rings. The van der Waals surface area contributed by atoms with E-state index in [1.807, 2.05) is 24.3 Å². The molecule has 1 heterocycles. The molecule has 5 aromatic rings. The van der Waals surface area contributed by atoms with Gasteiger partial charge in [0.05, 0.1) is 0 Å². The molecule has 0 aliphatic heterocycles. The molecular formula is C24H15N2S. The lowest BCUT2D eigenvalue weighted by atomic mass is 10.0. The van der Waals surface area contributed by atoms with Crippen LogP contribution in [0, 0.1) is 6.07 Å². The van der Waals surface area contributed by atoms with Crippen LogP contribution in [0.5, 0.6) is 0 Å². The highest BCUT2D eigenvalue weighted by atomic mass is 32.1. The summed E-state index contributed by atoms with van der Waals surface area (Å²) >= 11 is 1.59. The van der Waals surface area contributed by atoms with Crippen LogP contribution in [0.25, 0.3) is 43.0 Å². The zero-order valence-electron chi connectivity index (χ0n) is 14.5. The van der Waals surface area contributed by atoms with Crippen molar-refractivity contribution in [1.82, 2.24) is 10.2 Å². The van der Waals surface area contributed by atoms with Crippen LogP contribution in [0.3, 0.4) is 0 Å². The lowest BCUT2D eigenvalue weighted by Crippen LogP contribution is -1.81. The molecule has 0 aliphatic carbocycles. The minimum Gasteiger partial charge on any atom is -0.138 e. The van der Waals surface area contributed by atoms with Crippen LogP contribution in [0.2, 0.25) is 0 Å². The van der Waals surface area contributed by atoms with E-state index in [4.69, 9.17) is 0 Å². The number of nitrogens with zero attached hydrogens (tertiary/aromatic N) is 2. The second-order valence-electron chi connectivity index (χ2n) is 6.33. The highest BCUT2D eigenvalue weighted by Gasteiger charge is 2.09. The topological polar surface area (TPSA) is 25.8 Å². The van der Waals surface area contributed by atoms with Gasteiger partial charge in [-0.1, -0.05) is 96.3 Å². The van der Waals surface area contributed by atoms with Gasteiger partial charge in [0, 0.05) is 11.1 Å². The molecule has 127 valence electrons. The van der Waals surface area contributed by atoms with Crippen LogP contribution in [0.15, 0.2) is 91.0 Å². The molecule has 4 aromatic carbocycles. The van der Waals surface area contributed by atoms with Crippen molar-refractivity contribution >= 4 is 22.1 Å². The van der Waals surface area contributed by atoms with Gasteiger partial charge in [0.1, 0.15) is 10.0 Å². The lowest BCUT2D eigenvalue weighted by Gasteiger charge is -2.05. The fraction of sp³-hybridized carbons (Fsp3) is 0. The SMILES string of the molecule is [c]1ccccc1-c1nnc(-c2ccc(-c3ccc4ccccc4c3)cc2)s1. The highest BCUT2D eigenvalue weighted by Crippen LogP contribution is 2.31. The molecule has 0 saturated heterocycles. The third-order valence-corrected chi connectivity index (χ3v) is 5.58. The average molecular weight is 363 g/mol. The Balaban J connectivity index is 1.45. The second-order valence-corrected chi connectivity index (χ2v) is 7.31. The van der Waals surface area contributed by atoms with E-state index in [-0.39, 0.29) is 0 Å². The van der Waals surface area contributed by atoms with Crippen molar-refractivity contribution in [2.24, 2.45) is 0 Å². The quantitative estimate of drug-likeness (QED) is 0.366. The Labute approximate surface area is 161 Å². The molecule has 27 heavy (non-hydrogen) atoms. The summed E-state index contributed by atoms with van der Waals surface area (Å²) in [7, 11) is 0. The Bertz CT molecular complexity index is 1210. The van der Waals surface area contributed by atoms with Gasteiger partial charge in [-0.2, -0.15) is 0 Å². The molecule has 0 atom stereocenters. The molecule has 0 amide bonds. The van der Waals surface area contributed by atoms with Gasteiger partial charge in [-0.05, 0) is 34.0 Å². The smallest absolute Gasteiger partial charge is 0.138 e. The summed E-state index contributed by atoms with van der Waals surface area (Å²) in [5.74, 6) is 0. The molecule has 0 spiro atoms. The Kier molecular flexibility index (Phi) is 4.00. The average Bonchev–Trinajstić information content (AvgIpc) is 3.24. The molecule has 2 nitrogen and oxygen atoms in total. The molecule has 5 rings (SSSR count). The third kappa shape index (κ3) is 3.14. The number of aromatic nitrogens is 2. The van der Waals surface area contributed by atoms with E-state index in [0.717, 1.165) is 21.1 Å². The van der Waals surface area contributed by atoms with Crippen molar-refractivity contribution in [3.63, 3.8) is 0 Å². The van der Waals surface area contributed by atoms with Crippen molar-refractivity contribution in [1.29, 1.82) is 0 Å². The largest absolute Gasteiger partial charge is 0.148 e. The van der Waals surface area contributed by atoms with Gasteiger partial charge in [-0.15, -0.1) is 10.2 Å². The number of fused-ring (bicyclic) bond motifs is 1. The molecule has 0 N–H and O–H groups in total. The van der Waals surface area contributed by atoms with Gasteiger partial charge in [-0.3, -0.25) is 0 Å². The molecule has 1 radical (unpaired) electrons. The third-order valence-electron chi connectivity index (χ3n) is 4.58. The Morgan fingerprint density at radius 3 is 2.11 bits per heavy atom. The van der Waals surface area contributed by atoms with Crippen molar-refractivity contribution in [3.8, 4) is 32.3 Å². The van der Waals surface area contributed by atoms with Gasteiger partial charge in [0.2, 0.25) is 0 Å². The van der Waals surface area contributed by atoms with Gasteiger partial charge >= 0.3 is 0 Å². The first-order valence-electron chi connectivity index (χ1n) is 8.77. The molecule has 1 aromatic heterocycles. The van der Waals surface area contributed by atoms with Crippen molar-refractivity contribution < 1.29 is 0 Å². The summed E-state index contributed by atoms with van der Waals surface area (Å²) in [6.07, 6.45) is 0. The van der Waals surface area contributed by atoms with Crippen LogP contribution < -0.4 is 0 Å². The molecular weight excluding hydrogens is 348 g/mol. The van der Waals surface area contributed by atoms with Crippen LogP contribution in [0.4, 0.5) is 0 Å². The summed E-state index contributed by atoms with van der Waals surface area (Å²) in [6, 6.07) is 34.6. The maximum absolute atomic E-state index is 4.35. The van der Waals surface area contributed by atoms with Crippen LogP contribution in [-0.4, -0.2) is 10.2 Å². The summed E-state index contributed by atoms with van der Waals surface area (Å²) in [6.45, 7) is 0. The van der Waals surface area contributed by atoms with E-state index in [2.05, 4.69) is 83.0 Å². The number of hydrogen-bond acceptors (Lipinski definition) is 3. The highest BCUT2D eigenvalue weighted by molar-refractivity contribution is 7.17. The van der Waals surface area contributed by atoms with E-state index in [1.165, 1.54) is 21.9 Å². The van der Waals surface area contributed by atoms with E-state index in [1.54, 1.807) is 11.3 Å². The lowest BCUT2D eigenvalue weighted by molar-refractivity contribution is 1.10. The normalized spacial score (nSPS) is 11.0. The number of rotatable bonds is 3. The Hall–Kier alpha value is -3.30. The van der Waals surface area contributed by atoms with Gasteiger partial charge in [0.25, 0.3) is 0 Å². The zero-order valence-corrected chi connectivity index (χ0v) is 15.3.